The molecule has 0 aliphatic carbocycles. The van der Waals surface area contributed by atoms with Gasteiger partial charge in [0.1, 0.15) is 18.0 Å². The van der Waals surface area contributed by atoms with Crippen LogP contribution in [0.2, 0.25) is 0 Å². The number of halogens is 1. The minimum absolute atomic E-state index is 0.144. The van der Waals surface area contributed by atoms with Crippen LogP contribution in [0, 0.1) is 19.7 Å². The Hall–Kier alpha value is -3.29. The summed E-state index contributed by atoms with van der Waals surface area (Å²) in [5, 5.41) is 4.37. The maximum absolute atomic E-state index is 13.8. The molecule has 2 aromatic heterocycles. The zero-order chi connectivity index (χ0) is 19.7. The van der Waals surface area contributed by atoms with Crippen molar-refractivity contribution < 1.29 is 9.18 Å². The lowest BCUT2D eigenvalue weighted by Crippen LogP contribution is -2.49. The molecule has 1 saturated heterocycles. The van der Waals surface area contributed by atoms with E-state index >= 15 is 0 Å². The number of hydrogen-bond acceptors (Lipinski definition) is 5. The smallest absolute Gasteiger partial charge is 0.254 e. The summed E-state index contributed by atoms with van der Waals surface area (Å²) in [4.78, 5) is 25.2. The second kappa shape index (κ2) is 7.38. The minimum Gasteiger partial charge on any atom is -0.353 e. The lowest BCUT2D eigenvalue weighted by molar-refractivity contribution is 0.0746. The molecule has 8 heteroatoms. The summed E-state index contributed by atoms with van der Waals surface area (Å²) in [7, 11) is 0. The summed E-state index contributed by atoms with van der Waals surface area (Å²) in [5.74, 6) is 0.999. The lowest BCUT2D eigenvalue weighted by Gasteiger charge is -2.35. The average molecular weight is 380 g/mol. The van der Waals surface area contributed by atoms with Crippen molar-refractivity contribution in [2.75, 3.05) is 31.1 Å². The normalized spacial score (nSPS) is 14.4. The number of hydrogen-bond donors (Lipinski definition) is 0. The Balaban J connectivity index is 1.44. The Morgan fingerprint density at radius 3 is 2.43 bits per heavy atom. The van der Waals surface area contributed by atoms with Crippen molar-refractivity contribution in [2.45, 2.75) is 13.8 Å². The molecule has 0 spiro atoms. The highest BCUT2D eigenvalue weighted by Crippen LogP contribution is 2.18. The number of benzene rings is 1. The third-order valence-electron chi connectivity index (χ3n) is 4.91. The van der Waals surface area contributed by atoms with Crippen LogP contribution in [0.15, 0.2) is 42.9 Å². The largest absolute Gasteiger partial charge is 0.353 e. The number of rotatable bonds is 3. The van der Waals surface area contributed by atoms with Gasteiger partial charge in [0.2, 0.25) is 0 Å². The Morgan fingerprint density at radius 1 is 1.00 bits per heavy atom. The molecular weight excluding hydrogens is 359 g/mol. The standard InChI is InChI=1S/C20H21FN6O/c1-14-3-4-16(11-17(14)21)20(28)26-9-7-25(8-10-26)18-12-19(23-13-22-18)27-6-5-15(2)24-27/h3-6,11-13H,7-10H2,1-2H3. The summed E-state index contributed by atoms with van der Waals surface area (Å²) in [6.07, 6.45) is 3.38. The summed E-state index contributed by atoms with van der Waals surface area (Å²) < 4.78 is 15.5. The molecule has 3 aromatic rings. The van der Waals surface area contributed by atoms with Crippen LogP contribution >= 0.6 is 0 Å². The molecule has 4 rings (SSSR count). The quantitative estimate of drug-likeness (QED) is 0.698. The molecule has 144 valence electrons. The number of aromatic nitrogens is 4. The molecule has 1 aliphatic rings. The van der Waals surface area contributed by atoms with Crippen LogP contribution in [0.4, 0.5) is 10.2 Å². The first-order valence-corrected chi connectivity index (χ1v) is 9.16. The number of carbonyl (C=O) groups is 1. The van der Waals surface area contributed by atoms with Gasteiger partial charge in [-0.3, -0.25) is 4.79 Å². The number of nitrogens with zero attached hydrogens (tertiary/aromatic N) is 6. The van der Waals surface area contributed by atoms with E-state index in [1.165, 1.54) is 12.4 Å². The number of anilines is 1. The molecule has 0 atom stereocenters. The fourth-order valence-corrected chi connectivity index (χ4v) is 3.23. The van der Waals surface area contributed by atoms with E-state index in [1.54, 1.807) is 28.6 Å². The number of carbonyl (C=O) groups excluding carboxylic acids is 1. The first-order chi connectivity index (χ1) is 13.5. The zero-order valence-electron chi connectivity index (χ0n) is 15.8. The first-order valence-electron chi connectivity index (χ1n) is 9.16. The van der Waals surface area contributed by atoms with Gasteiger partial charge in [-0.05, 0) is 37.6 Å². The number of piperazine rings is 1. The third kappa shape index (κ3) is 3.58. The molecule has 0 saturated carbocycles. The van der Waals surface area contributed by atoms with E-state index in [1.807, 2.05) is 25.3 Å². The zero-order valence-corrected chi connectivity index (χ0v) is 15.8. The minimum atomic E-state index is -0.355. The second-order valence-corrected chi connectivity index (χ2v) is 6.88. The van der Waals surface area contributed by atoms with Gasteiger partial charge in [0.25, 0.3) is 5.91 Å². The number of aryl methyl sites for hydroxylation is 2. The van der Waals surface area contributed by atoms with Crippen LogP contribution < -0.4 is 4.90 Å². The molecule has 0 bridgehead atoms. The van der Waals surface area contributed by atoms with Gasteiger partial charge in [-0.15, -0.1) is 0 Å². The van der Waals surface area contributed by atoms with E-state index in [-0.39, 0.29) is 11.7 Å². The lowest BCUT2D eigenvalue weighted by atomic mass is 10.1. The van der Waals surface area contributed by atoms with E-state index in [2.05, 4.69) is 20.0 Å². The molecule has 1 amide bonds. The fraction of sp³-hybridized carbons (Fsp3) is 0.300. The van der Waals surface area contributed by atoms with Gasteiger partial charge in [-0.2, -0.15) is 5.10 Å². The molecule has 1 aliphatic heterocycles. The predicted molar refractivity (Wildman–Crippen MR) is 103 cm³/mol. The first kappa shape index (κ1) is 18.1. The van der Waals surface area contributed by atoms with Crippen molar-refractivity contribution in [2.24, 2.45) is 0 Å². The maximum atomic E-state index is 13.8. The Morgan fingerprint density at radius 2 is 1.75 bits per heavy atom. The van der Waals surface area contributed by atoms with Gasteiger partial charge in [-0.25, -0.2) is 19.0 Å². The SMILES string of the molecule is Cc1ccn(-c2cc(N3CCN(C(=O)c4ccc(C)c(F)c4)CC3)ncn2)n1. The van der Waals surface area contributed by atoms with Gasteiger partial charge in [0.05, 0.1) is 5.69 Å². The van der Waals surface area contributed by atoms with Crippen LogP contribution in [-0.2, 0) is 0 Å². The summed E-state index contributed by atoms with van der Waals surface area (Å²) in [6, 6.07) is 8.43. The summed E-state index contributed by atoms with van der Waals surface area (Å²) in [5.41, 5.74) is 1.84. The van der Waals surface area contributed by atoms with Crippen LogP contribution in [0.25, 0.3) is 5.82 Å². The van der Waals surface area contributed by atoms with E-state index < -0.39 is 0 Å². The molecular formula is C20H21FN6O. The Bertz CT molecular complexity index is 1010. The Kier molecular flexibility index (Phi) is 4.77. The van der Waals surface area contributed by atoms with Gasteiger partial charge < -0.3 is 9.80 Å². The summed E-state index contributed by atoms with van der Waals surface area (Å²) >= 11 is 0. The highest BCUT2D eigenvalue weighted by molar-refractivity contribution is 5.94. The van der Waals surface area contributed by atoms with Gasteiger partial charge >= 0.3 is 0 Å². The van der Waals surface area contributed by atoms with E-state index in [0.29, 0.717) is 43.1 Å². The summed E-state index contributed by atoms with van der Waals surface area (Å²) in [6.45, 7) is 6.00. The van der Waals surface area contributed by atoms with E-state index in [9.17, 15) is 9.18 Å². The van der Waals surface area contributed by atoms with Crippen LogP contribution in [0.3, 0.4) is 0 Å². The highest BCUT2D eigenvalue weighted by atomic mass is 19.1. The van der Waals surface area contributed by atoms with Crippen molar-refractivity contribution in [3.05, 3.63) is 65.5 Å². The molecule has 0 radical (unpaired) electrons. The van der Waals surface area contributed by atoms with Crippen LogP contribution in [0.1, 0.15) is 21.6 Å². The second-order valence-electron chi connectivity index (χ2n) is 6.88. The van der Waals surface area contributed by atoms with Gasteiger partial charge in [-0.1, -0.05) is 6.07 Å². The predicted octanol–water partition coefficient (Wildman–Crippen LogP) is 2.38. The van der Waals surface area contributed by atoms with Crippen molar-refractivity contribution >= 4 is 11.7 Å². The van der Waals surface area contributed by atoms with Gasteiger partial charge in [0.15, 0.2) is 5.82 Å². The average Bonchev–Trinajstić information content (AvgIpc) is 3.16. The van der Waals surface area contributed by atoms with E-state index in [0.717, 1.165) is 11.5 Å². The highest BCUT2D eigenvalue weighted by Gasteiger charge is 2.23. The molecule has 7 nitrogen and oxygen atoms in total. The fourth-order valence-electron chi connectivity index (χ4n) is 3.23. The molecule has 0 unspecified atom stereocenters. The van der Waals surface area contributed by atoms with Crippen molar-refractivity contribution in [3.8, 4) is 5.82 Å². The van der Waals surface area contributed by atoms with Crippen molar-refractivity contribution in [1.29, 1.82) is 0 Å². The van der Waals surface area contributed by atoms with Crippen LogP contribution in [0.5, 0.6) is 0 Å². The molecule has 1 aromatic carbocycles. The van der Waals surface area contributed by atoms with Crippen LogP contribution in [-0.4, -0.2) is 56.7 Å². The van der Waals surface area contributed by atoms with Gasteiger partial charge in [0, 0.05) is 44.0 Å². The molecule has 28 heavy (non-hydrogen) atoms. The van der Waals surface area contributed by atoms with E-state index in [4.69, 9.17) is 0 Å². The maximum Gasteiger partial charge on any atom is 0.254 e. The monoisotopic (exact) mass is 380 g/mol. The topological polar surface area (TPSA) is 67.2 Å². The van der Waals surface area contributed by atoms with Crippen molar-refractivity contribution in [1.82, 2.24) is 24.6 Å². The molecule has 3 heterocycles. The number of amides is 1. The molecule has 1 fully saturated rings. The molecule has 0 N–H and O–H groups in total. The Labute approximate surface area is 162 Å². The third-order valence-corrected chi connectivity index (χ3v) is 4.91. The van der Waals surface area contributed by atoms with Crippen molar-refractivity contribution in [3.63, 3.8) is 0 Å².